The van der Waals surface area contributed by atoms with E-state index in [1.165, 1.54) is 77.8 Å². The molecule has 53 heavy (non-hydrogen) atoms. The van der Waals surface area contributed by atoms with Gasteiger partial charge in [-0.3, -0.25) is 0 Å². The van der Waals surface area contributed by atoms with E-state index in [2.05, 4.69) is 177 Å². The van der Waals surface area contributed by atoms with Gasteiger partial charge in [-0.2, -0.15) is 0 Å². The van der Waals surface area contributed by atoms with Gasteiger partial charge < -0.3 is 25.2 Å². The first-order valence-corrected chi connectivity index (χ1v) is 18.3. The fourth-order valence-corrected chi connectivity index (χ4v) is 9.83. The number of benzene rings is 7. The number of rotatable bonds is 3. The lowest BCUT2D eigenvalue weighted by Crippen LogP contribution is -2.69. The van der Waals surface area contributed by atoms with Crippen molar-refractivity contribution in [2.45, 2.75) is 0 Å². The molecule has 8 aromatic rings. The molecule has 4 aliphatic heterocycles. The van der Waals surface area contributed by atoms with E-state index >= 15 is 0 Å². The normalized spacial score (nSPS) is 14.0. The average molecular weight is 675 g/mol. The highest BCUT2D eigenvalue weighted by Crippen LogP contribution is 2.46. The molecule has 7 heteroatoms. The van der Waals surface area contributed by atoms with Gasteiger partial charge in [0.15, 0.2) is 0 Å². The summed E-state index contributed by atoms with van der Waals surface area (Å²) in [6, 6.07) is 55.6. The topological polar surface area (TPSA) is 49.5 Å². The van der Waals surface area contributed by atoms with Crippen molar-refractivity contribution in [3.8, 4) is 22.3 Å². The number of nitrogens with zero attached hydrogens (tertiary/aromatic N) is 3. The zero-order chi connectivity index (χ0) is 34.8. The summed E-state index contributed by atoms with van der Waals surface area (Å²) in [5, 5.41) is 5.42. The van der Waals surface area contributed by atoms with Gasteiger partial charge in [-0.15, -0.1) is 0 Å². The molecule has 3 N–H and O–H groups in total. The first kappa shape index (κ1) is 28.8. The number of hydrogen-bond donors (Lipinski definition) is 2. The van der Waals surface area contributed by atoms with Crippen LogP contribution in [0.25, 0.3) is 39.2 Å². The lowest BCUT2D eigenvalue weighted by Gasteiger charge is -2.46. The van der Waals surface area contributed by atoms with E-state index in [-0.39, 0.29) is 13.7 Å². The summed E-state index contributed by atoms with van der Waals surface area (Å²) < 4.78 is 2.55. The van der Waals surface area contributed by atoms with Gasteiger partial charge in [-0.1, -0.05) is 97.1 Å². The van der Waals surface area contributed by atoms with Gasteiger partial charge in [0.1, 0.15) is 0 Å². The maximum absolute atomic E-state index is 6.06. The molecule has 0 bridgehead atoms. The molecule has 0 spiro atoms. The molecule has 0 atom stereocenters. The van der Waals surface area contributed by atoms with Crippen LogP contribution in [0.1, 0.15) is 5.56 Å². The van der Waals surface area contributed by atoms with Crippen LogP contribution in [-0.4, -0.2) is 18.2 Å². The number of anilines is 7. The maximum atomic E-state index is 6.06. The van der Waals surface area contributed by atoms with Gasteiger partial charge in [0, 0.05) is 56.5 Å². The number of nitrogens with one attached hydrogen (secondary N) is 1. The molecule has 5 heterocycles. The van der Waals surface area contributed by atoms with Crippen molar-refractivity contribution in [2.24, 2.45) is 5.73 Å². The Morgan fingerprint density at radius 3 is 1.79 bits per heavy atom. The lowest BCUT2D eigenvalue weighted by molar-refractivity contribution is 1.22. The quantitative estimate of drug-likeness (QED) is 0.187. The van der Waals surface area contributed by atoms with Crippen molar-refractivity contribution >= 4 is 92.3 Å². The Labute approximate surface area is 308 Å². The van der Waals surface area contributed by atoms with E-state index in [0.717, 1.165) is 22.6 Å². The third kappa shape index (κ3) is 3.73. The fourth-order valence-electron chi connectivity index (χ4n) is 9.83. The van der Waals surface area contributed by atoms with Gasteiger partial charge >= 0.3 is 13.7 Å². The Kier molecular flexibility index (Phi) is 5.76. The highest BCUT2D eigenvalue weighted by atomic mass is 15.2. The molecule has 0 amide bonds. The summed E-state index contributed by atoms with van der Waals surface area (Å²) in [7, 11) is 0. The first-order valence-electron chi connectivity index (χ1n) is 18.3. The maximum Gasteiger partial charge on any atom is 0.332 e. The van der Waals surface area contributed by atoms with Gasteiger partial charge in [0.25, 0.3) is 0 Å². The third-order valence-electron chi connectivity index (χ3n) is 11.8. The van der Waals surface area contributed by atoms with E-state index < -0.39 is 0 Å². The zero-order valence-electron chi connectivity index (χ0n) is 28.7. The largest absolute Gasteiger partial charge is 0.419 e. The van der Waals surface area contributed by atoms with Gasteiger partial charge in [0.2, 0.25) is 0 Å². The minimum atomic E-state index is -0.125. The van der Waals surface area contributed by atoms with E-state index in [1.807, 2.05) is 6.08 Å². The third-order valence-corrected chi connectivity index (χ3v) is 11.8. The van der Waals surface area contributed by atoms with E-state index in [0.29, 0.717) is 0 Å². The minimum absolute atomic E-state index is 0.0489. The number of fused-ring (bicyclic) bond motifs is 9. The van der Waals surface area contributed by atoms with Crippen molar-refractivity contribution in [2.75, 3.05) is 15.0 Å². The Hall–Kier alpha value is -6.85. The van der Waals surface area contributed by atoms with Crippen LogP contribution >= 0.6 is 0 Å². The minimum Gasteiger partial charge on any atom is -0.419 e. The van der Waals surface area contributed by atoms with Crippen LogP contribution in [0.5, 0.6) is 0 Å². The Bertz CT molecular complexity index is 2860. The summed E-state index contributed by atoms with van der Waals surface area (Å²) in [4.78, 5) is 4.98. The molecule has 1 aromatic heterocycles. The van der Waals surface area contributed by atoms with Crippen molar-refractivity contribution < 1.29 is 0 Å². The smallest absolute Gasteiger partial charge is 0.332 e. The van der Waals surface area contributed by atoms with E-state index in [9.17, 15) is 0 Å². The van der Waals surface area contributed by atoms with Crippen LogP contribution in [0, 0.1) is 0 Å². The predicted molar refractivity (Wildman–Crippen MR) is 224 cm³/mol. The molecule has 4 aliphatic rings. The van der Waals surface area contributed by atoms with Crippen LogP contribution in [-0.2, 0) is 0 Å². The number of para-hydroxylation sites is 4. The van der Waals surface area contributed by atoms with E-state index in [1.54, 1.807) is 6.20 Å². The Balaban J connectivity index is 1.24. The van der Waals surface area contributed by atoms with Crippen molar-refractivity contribution in [1.29, 1.82) is 0 Å². The van der Waals surface area contributed by atoms with Crippen LogP contribution in [0.15, 0.2) is 164 Å². The fraction of sp³-hybridized carbons (Fsp3) is 0. The second kappa shape index (κ2) is 10.6. The summed E-state index contributed by atoms with van der Waals surface area (Å²) >= 11 is 0. The molecule has 0 saturated heterocycles. The number of nitrogens with two attached hydrogens (primary N) is 1. The Morgan fingerprint density at radius 1 is 0.491 bits per heavy atom. The van der Waals surface area contributed by atoms with E-state index in [4.69, 9.17) is 5.73 Å². The second-order valence-corrected chi connectivity index (χ2v) is 14.3. The molecule has 7 aromatic carbocycles. The molecule has 0 radical (unpaired) electrons. The summed E-state index contributed by atoms with van der Waals surface area (Å²) in [5.74, 6) is 0. The molecule has 0 saturated carbocycles. The molecule has 5 nitrogen and oxygen atoms in total. The van der Waals surface area contributed by atoms with Crippen molar-refractivity contribution in [3.63, 3.8) is 0 Å². The second-order valence-electron chi connectivity index (χ2n) is 14.3. The molecule has 0 unspecified atom stereocenters. The lowest BCUT2D eigenvalue weighted by atomic mass is 9.36. The number of hydrogen-bond acceptors (Lipinski definition) is 4. The highest BCUT2D eigenvalue weighted by Gasteiger charge is 2.49. The van der Waals surface area contributed by atoms with Crippen LogP contribution < -0.4 is 42.6 Å². The number of aromatic nitrogens is 1. The molecule has 246 valence electrons. The SMILES string of the molecule is N/C=C\c1cccc2c1NB1c3c-2cccc3N(c2ccccc2)c2ccc3c(c21)B1c2c(cccc2N3c2ccccc2)-c2cccc3ccn1c23. The van der Waals surface area contributed by atoms with Crippen LogP contribution in [0.3, 0.4) is 0 Å². The van der Waals surface area contributed by atoms with Gasteiger partial charge in [-0.25, -0.2) is 0 Å². The highest BCUT2D eigenvalue weighted by molar-refractivity contribution is 7.00. The van der Waals surface area contributed by atoms with Crippen LogP contribution in [0.4, 0.5) is 39.8 Å². The molecule has 12 rings (SSSR count). The molecule has 0 aliphatic carbocycles. The first-order chi connectivity index (χ1) is 26.3. The average Bonchev–Trinajstić information content (AvgIpc) is 3.65. The summed E-state index contributed by atoms with van der Waals surface area (Å²) in [5.41, 5.74) is 26.8. The van der Waals surface area contributed by atoms with Crippen molar-refractivity contribution in [3.05, 3.63) is 170 Å². The zero-order valence-corrected chi connectivity index (χ0v) is 28.7. The van der Waals surface area contributed by atoms with Crippen molar-refractivity contribution in [1.82, 2.24) is 4.48 Å². The molecular formula is C46H31B2N5. The molecule has 0 fully saturated rings. The predicted octanol–water partition coefficient (Wildman–Crippen LogP) is 7.97. The monoisotopic (exact) mass is 675 g/mol. The summed E-state index contributed by atoms with van der Waals surface area (Å²) in [6.45, 7) is -0.173. The van der Waals surface area contributed by atoms with Gasteiger partial charge in [-0.05, 0) is 117 Å². The Morgan fingerprint density at radius 2 is 1.08 bits per heavy atom. The summed E-state index contributed by atoms with van der Waals surface area (Å²) in [6.07, 6.45) is 5.96. The van der Waals surface area contributed by atoms with Crippen LogP contribution in [0.2, 0.25) is 0 Å². The standard InChI is InChI=1S/C46H31B2N5/c49-27-25-29-11-7-19-35-33-17-9-21-37-41(33)47(50-45(29)35)43-39(52(37)31-13-3-1-4-14-31)23-24-40-44(43)48-42-34(36-20-8-12-30-26-28-51(48)46(30)36)18-10-22-38(42)53(40)32-15-5-2-6-16-32/h1-28,50H,49H2/b27-25-. The molecular weight excluding hydrogens is 644 g/mol. The van der Waals surface area contributed by atoms with Gasteiger partial charge in [0.05, 0.1) is 0 Å².